The molecule has 84 heavy (non-hydrogen) atoms. The summed E-state index contributed by atoms with van der Waals surface area (Å²) in [6.45, 7) is 0. The molecule has 8 aromatic carbocycles. The van der Waals surface area contributed by atoms with Gasteiger partial charge in [-0.15, -0.1) is 0 Å². The van der Waals surface area contributed by atoms with Crippen LogP contribution in [0.2, 0.25) is 141 Å². The van der Waals surface area contributed by atoms with Gasteiger partial charge in [0.25, 0.3) is 0 Å². The Kier molecular flexibility index (Phi) is 25.5. The van der Waals surface area contributed by atoms with Gasteiger partial charge in [0.1, 0.15) is 0 Å². The Labute approximate surface area is 628 Å². The lowest BCUT2D eigenvalue weighted by Crippen LogP contribution is -2.12. The van der Waals surface area contributed by atoms with Crippen molar-refractivity contribution < 1.29 is 0 Å². The lowest BCUT2D eigenvalue weighted by Gasteiger charge is -2.28. The summed E-state index contributed by atoms with van der Waals surface area (Å²) in [5.74, 6) is -0.128. The fraction of sp³-hybridized carbons (Fsp3) is 0. The second-order valence-electron chi connectivity index (χ2n) is 16.6. The summed E-state index contributed by atoms with van der Waals surface area (Å²) >= 11 is 189. The largest absolute Gasteiger partial charge is 0.0823 e. The van der Waals surface area contributed by atoms with Gasteiger partial charge in [-0.2, -0.15) is 0 Å². The first-order valence-electron chi connectivity index (χ1n) is 21.8. The molecular weight excluding hydrogens is 1710 g/mol. The van der Waals surface area contributed by atoms with Gasteiger partial charge in [-0.25, -0.2) is 0 Å². The molecule has 0 unspecified atom stereocenters. The molecule has 8 aromatic rings. The first kappa shape index (κ1) is 71.9. The third kappa shape index (κ3) is 13.8. The van der Waals surface area contributed by atoms with Crippen molar-refractivity contribution in [1.29, 1.82) is 0 Å². The first-order valence-corrected chi connectivity index (χ1v) is 34.6. The van der Waals surface area contributed by atoms with E-state index in [4.69, 9.17) is 325 Å². The van der Waals surface area contributed by atoms with Crippen molar-refractivity contribution in [2.45, 2.75) is 9.79 Å². The minimum atomic E-state index is -0.200. The lowest BCUT2D eigenvalue weighted by molar-refractivity contribution is 1.23. The standard InChI is InChI=1S/C54H12Cl28S2/c55-27-17(28(56)32(60)21(31(27)59)19(23-35(63)43(71)51(79)44(72)36(23)64)24-37(65)45(73)52(80)46(74)38(24)66)11-5-13-1-7-15(8-2-13)83-84-16-9-3-14(4-10-16)6-12-18-29(57)33(61)22(34(62)30(18)58)20(25-39(67)47(75)53(81)48(76)40(25)68)26-41(69)49(77)54(82)50(78)42(26)70/h1-12H/b11-5+,12-6+. The maximum absolute atomic E-state index is 7.10. The van der Waals surface area contributed by atoms with Crippen molar-refractivity contribution in [3.8, 4) is 0 Å². The predicted octanol–water partition coefficient (Wildman–Crippen LogP) is 33.2. The average Bonchev–Trinajstić information content (AvgIpc) is 0.907. The maximum Gasteiger partial charge on any atom is 0.0809 e. The molecule has 0 spiro atoms. The summed E-state index contributed by atoms with van der Waals surface area (Å²) in [4.78, 5) is 1.85. The molecule has 0 aliphatic heterocycles. The number of halogens is 28. The molecule has 0 fully saturated rings. The Morgan fingerprint density at radius 1 is 0.190 bits per heavy atom. The van der Waals surface area contributed by atoms with Crippen molar-refractivity contribution in [2.75, 3.05) is 0 Å². The monoisotopic (exact) mass is 1700 g/mol. The van der Waals surface area contributed by atoms with Crippen LogP contribution in [0.5, 0.6) is 0 Å². The molecule has 0 saturated heterocycles. The molecule has 0 aliphatic rings. The second-order valence-corrected chi connectivity index (χ2v) is 29.4. The molecular formula is C54H12Cl28S2. The third-order valence-electron chi connectivity index (χ3n) is 11.8. The fourth-order valence-electron chi connectivity index (χ4n) is 7.80. The summed E-state index contributed by atoms with van der Waals surface area (Å²) in [5.41, 5.74) is 1.61. The van der Waals surface area contributed by atoms with Crippen LogP contribution in [0.15, 0.2) is 58.3 Å². The van der Waals surface area contributed by atoms with Gasteiger partial charge < -0.3 is 0 Å². The van der Waals surface area contributed by atoms with E-state index in [0.717, 1.165) is 20.9 Å². The van der Waals surface area contributed by atoms with Crippen LogP contribution in [0, 0.1) is 11.8 Å². The molecule has 0 bridgehead atoms. The molecule has 0 nitrogen and oxygen atoms in total. The molecule has 0 N–H and O–H groups in total. The topological polar surface area (TPSA) is 0 Å². The zero-order valence-electron chi connectivity index (χ0n) is 39.3. The number of benzene rings is 8. The van der Waals surface area contributed by atoms with E-state index in [1.165, 1.54) is 21.6 Å². The van der Waals surface area contributed by atoms with Gasteiger partial charge >= 0.3 is 0 Å². The summed E-state index contributed by atoms with van der Waals surface area (Å²) in [5, 5.41) is -4.45. The second kappa shape index (κ2) is 29.8. The smallest absolute Gasteiger partial charge is 0.0809 e. The predicted molar refractivity (Wildman–Crippen MR) is 382 cm³/mol. The Morgan fingerprint density at radius 2 is 0.345 bits per heavy atom. The molecule has 2 radical (unpaired) electrons. The quantitative estimate of drug-likeness (QED) is 0.0371. The zero-order chi connectivity index (χ0) is 62.1. The van der Waals surface area contributed by atoms with Gasteiger partial charge in [-0.3, -0.25) is 0 Å². The van der Waals surface area contributed by atoms with E-state index < -0.39 is 0 Å². The highest BCUT2D eigenvalue weighted by Crippen LogP contribution is 2.61. The van der Waals surface area contributed by atoms with E-state index in [9.17, 15) is 0 Å². The van der Waals surface area contributed by atoms with E-state index in [1.807, 2.05) is 48.5 Å². The van der Waals surface area contributed by atoms with Crippen molar-refractivity contribution in [1.82, 2.24) is 0 Å². The van der Waals surface area contributed by atoms with Crippen LogP contribution in [0.3, 0.4) is 0 Å². The van der Waals surface area contributed by atoms with Gasteiger partial charge in [-0.05, 0) is 35.4 Å². The summed E-state index contributed by atoms with van der Waals surface area (Å²) in [6, 6.07) is 15.2. The highest BCUT2D eigenvalue weighted by molar-refractivity contribution is 8.76. The van der Waals surface area contributed by atoms with Crippen molar-refractivity contribution >= 4 is 371 Å². The van der Waals surface area contributed by atoms with Crippen molar-refractivity contribution in [3.05, 3.63) is 257 Å². The van der Waals surface area contributed by atoms with E-state index >= 15 is 0 Å². The average molecular weight is 1720 g/mol. The van der Waals surface area contributed by atoms with E-state index in [-0.39, 0.29) is 197 Å². The lowest BCUT2D eigenvalue weighted by atomic mass is 9.84. The fourth-order valence-corrected chi connectivity index (χ4v) is 17.4. The van der Waals surface area contributed by atoms with Gasteiger partial charge in [0, 0.05) is 54.3 Å². The molecule has 0 heterocycles. The maximum atomic E-state index is 7.10. The van der Waals surface area contributed by atoms with Crippen LogP contribution < -0.4 is 0 Å². The van der Waals surface area contributed by atoms with Crippen LogP contribution in [0.25, 0.3) is 24.3 Å². The van der Waals surface area contributed by atoms with Gasteiger partial charge in [-0.1, -0.05) is 395 Å². The Hall–Kier alpha value is 2.06. The normalized spacial score (nSPS) is 12.0. The molecule has 30 heteroatoms. The molecule has 0 saturated carbocycles. The molecule has 8 rings (SSSR count). The Morgan fingerprint density at radius 3 is 0.524 bits per heavy atom. The summed E-state index contributed by atoms with van der Waals surface area (Å²) in [7, 11) is 3.03. The minimum absolute atomic E-state index is 0.0500. The molecule has 436 valence electrons. The SMILES string of the molecule is Clc1c(Cl)c(Cl)c([C](c2c(Cl)c(Cl)c(Cl)c(Cl)c2Cl)c2c(Cl)c(Cl)c(/C=C/c3ccc(SSc4ccc(/C=C/c5c(Cl)c(Cl)c([C](c6c(Cl)c(Cl)c(Cl)c(Cl)c6Cl)c6c(Cl)c(Cl)c(Cl)c(Cl)c6Cl)c(Cl)c5Cl)cc4)cc3)c(Cl)c2Cl)c(Cl)c1Cl. The van der Waals surface area contributed by atoms with Crippen LogP contribution in [0.4, 0.5) is 0 Å². The molecule has 0 aromatic heterocycles. The van der Waals surface area contributed by atoms with Crippen LogP contribution in [-0.2, 0) is 0 Å². The van der Waals surface area contributed by atoms with Gasteiger partial charge in [0.05, 0.1) is 152 Å². The molecule has 0 atom stereocenters. The van der Waals surface area contributed by atoms with Crippen molar-refractivity contribution in [3.63, 3.8) is 0 Å². The van der Waals surface area contributed by atoms with E-state index in [1.54, 1.807) is 24.3 Å². The highest BCUT2D eigenvalue weighted by atomic mass is 35.5. The van der Waals surface area contributed by atoms with Crippen LogP contribution in [-0.4, -0.2) is 0 Å². The molecule has 0 aliphatic carbocycles. The highest BCUT2D eigenvalue weighted by Gasteiger charge is 2.40. The van der Waals surface area contributed by atoms with Gasteiger partial charge in [0.2, 0.25) is 0 Å². The van der Waals surface area contributed by atoms with Crippen LogP contribution in [0.1, 0.15) is 55.6 Å². The minimum Gasteiger partial charge on any atom is -0.0823 e. The number of hydrogen-bond acceptors (Lipinski definition) is 2. The zero-order valence-corrected chi connectivity index (χ0v) is 62.1. The third-order valence-corrected chi connectivity index (χ3v) is 26.8. The number of rotatable bonds is 13. The Bertz CT molecular complexity index is 3540. The molecule has 0 amide bonds. The number of hydrogen-bond donors (Lipinski definition) is 0. The Balaban J connectivity index is 1.03. The van der Waals surface area contributed by atoms with E-state index in [0.29, 0.717) is 0 Å². The first-order chi connectivity index (χ1) is 39.4. The van der Waals surface area contributed by atoms with Crippen LogP contribution >= 0.6 is 346 Å². The van der Waals surface area contributed by atoms with E-state index in [2.05, 4.69) is 0 Å². The van der Waals surface area contributed by atoms with Gasteiger partial charge in [0.15, 0.2) is 0 Å². The summed E-state index contributed by atoms with van der Waals surface area (Å²) < 4.78 is 0. The van der Waals surface area contributed by atoms with Crippen molar-refractivity contribution in [2.24, 2.45) is 0 Å². The summed E-state index contributed by atoms with van der Waals surface area (Å²) in [6.07, 6.45) is 6.77.